The number of nitrogens with one attached hydrogen (secondary N) is 3. The number of amides is 1. The number of carbonyl (C=O) groups is 1. The summed E-state index contributed by atoms with van der Waals surface area (Å²) in [7, 11) is 3.48. The lowest BCUT2D eigenvalue weighted by Crippen LogP contribution is -2.44. The lowest BCUT2D eigenvalue weighted by atomic mass is 10.2. The van der Waals surface area contributed by atoms with Gasteiger partial charge in [0.15, 0.2) is 5.96 Å². The second kappa shape index (κ2) is 11.6. The van der Waals surface area contributed by atoms with Crippen molar-refractivity contribution in [3.05, 3.63) is 54.1 Å². The maximum Gasteiger partial charge on any atom is 0.221 e. The van der Waals surface area contributed by atoms with Crippen LogP contribution in [0, 0.1) is 0 Å². The van der Waals surface area contributed by atoms with Crippen LogP contribution in [0.25, 0.3) is 0 Å². The minimum atomic E-state index is -0.0755. The van der Waals surface area contributed by atoms with E-state index in [-0.39, 0.29) is 29.9 Å². The van der Waals surface area contributed by atoms with Gasteiger partial charge < -0.3 is 25.6 Å². The minimum Gasteiger partial charge on any atom is -0.495 e. The molecule has 30 heavy (non-hydrogen) atoms. The van der Waals surface area contributed by atoms with Crippen molar-refractivity contribution >= 4 is 47.2 Å². The number of anilines is 2. The van der Waals surface area contributed by atoms with Crippen LogP contribution in [0.1, 0.15) is 18.9 Å². The topological polar surface area (TPSA) is 78.0 Å². The van der Waals surface area contributed by atoms with Gasteiger partial charge in [0.2, 0.25) is 5.91 Å². The molecule has 1 amide bonds. The van der Waals surface area contributed by atoms with Crippen molar-refractivity contribution in [1.29, 1.82) is 0 Å². The number of aliphatic imine (C=N–C) groups is 1. The molecule has 1 aliphatic rings. The number of halogens is 1. The molecule has 3 rings (SSSR count). The molecule has 1 fully saturated rings. The van der Waals surface area contributed by atoms with Crippen molar-refractivity contribution in [2.75, 3.05) is 37.5 Å². The second-order valence-electron chi connectivity index (χ2n) is 7.06. The van der Waals surface area contributed by atoms with E-state index in [1.165, 1.54) is 6.92 Å². The number of hydrogen-bond acceptors (Lipinski definition) is 4. The van der Waals surface area contributed by atoms with Gasteiger partial charge in [0.1, 0.15) is 5.75 Å². The van der Waals surface area contributed by atoms with Crippen LogP contribution < -0.4 is 25.6 Å². The Balaban J connectivity index is 0.00000320. The van der Waals surface area contributed by atoms with Crippen molar-refractivity contribution < 1.29 is 9.53 Å². The van der Waals surface area contributed by atoms with Crippen LogP contribution in [0.4, 0.5) is 11.4 Å². The fourth-order valence-corrected chi connectivity index (χ4v) is 3.52. The summed E-state index contributed by atoms with van der Waals surface area (Å²) in [5.41, 5.74) is 2.99. The number of hydrogen-bond donors (Lipinski definition) is 3. The van der Waals surface area contributed by atoms with Gasteiger partial charge >= 0.3 is 0 Å². The van der Waals surface area contributed by atoms with Gasteiger partial charge in [-0.2, -0.15) is 0 Å². The van der Waals surface area contributed by atoms with E-state index in [1.807, 2.05) is 42.5 Å². The lowest BCUT2D eigenvalue weighted by molar-refractivity contribution is -0.114. The number of methoxy groups -OCH3 is 1. The first-order valence-corrected chi connectivity index (χ1v) is 9.80. The zero-order valence-electron chi connectivity index (χ0n) is 17.6. The van der Waals surface area contributed by atoms with Gasteiger partial charge in [-0.05, 0) is 36.2 Å². The van der Waals surface area contributed by atoms with Gasteiger partial charge in [-0.25, -0.2) is 0 Å². The molecule has 0 radical (unpaired) electrons. The molecule has 162 valence electrons. The summed E-state index contributed by atoms with van der Waals surface area (Å²) in [6.07, 6.45) is 1.02. The van der Waals surface area contributed by atoms with Gasteiger partial charge in [-0.3, -0.25) is 9.79 Å². The molecule has 0 saturated carbocycles. The van der Waals surface area contributed by atoms with E-state index in [1.54, 1.807) is 14.2 Å². The Bertz CT molecular complexity index is 874. The molecule has 1 atom stereocenters. The average molecular weight is 523 g/mol. The van der Waals surface area contributed by atoms with Crippen molar-refractivity contribution in [3.63, 3.8) is 0 Å². The Kier molecular flexibility index (Phi) is 9.22. The molecule has 1 unspecified atom stereocenters. The third-order valence-corrected chi connectivity index (χ3v) is 4.89. The van der Waals surface area contributed by atoms with Crippen LogP contribution in [0.15, 0.2) is 53.5 Å². The van der Waals surface area contributed by atoms with E-state index in [9.17, 15) is 4.79 Å². The Morgan fingerprint density at radius 2 is 2.03 bits per heavy atom. The summed E-state index contributed by atoms with van der Waals surface area (Å²) in [6, 6.07) is 16.2. The molecular formula is C22H30IN5O2. The molecule has 1 saturated heterocycles. The number of benzene rings is 2. The molecule has 7 nitrogen and oxygen atoms in total. The van der Waals surface area contributed by atoms with Crippen LogP contribution in [0.2, 0.25) is 0 Å². The van der Waals surface area contributed by atoms with Crippen molar-refractivity contribution in [2.24, 2.45) is 4.99 Å². The number of rotatable bonds is 6. The molecule has 0 aromatic heterocycles. The van der Waals surface area contributed by atoms with E-state index in [0.29, 0.717) is 12.6 Å². The van der Waals surface area contributed by atoms with Crippen molar-refractivity contribution in [1.82, 2.24) is 10.6 Å². The largest absolute Gasteiger partial charge is 0.495 e. The second-order valence-corrected chi connectivity index (χ2v) is 7.06. The third-order valence-electron chi connectivity index (χ3n) is 4.89. The highest BCUT2D eigenvalue weighted by molar-refractivity contribution is 14.0. The standard InChI is InChI=1S/C22H29N5O2.HI/c1-16(28)25-18-8-6-7-17(13-18)14-24-22(23-2)26-19-11-12-27(15-19)20-9-4-5-10-21(20)29-3;/h4-10,13,19H,11-12,14-15H2,1-3H3,(H,25,28)(H2,23,24,26);1H. The van der Waals surface area contributed by atoms with Gasteiger partial charge in [0, 0.05) is 45.3 Å². The van der Waals surface area contributed by atoms with E-state index in [0.717, 1.165) is 48.2 Å². The fourth-order valence-electron chi connectivity index (χ4n) is 3.52. The van der Waals surface area contributed by atoms with Crippen LogP contribution >= 0.6 is 24.0 Å². The molecule has 3 N–H and O–H groups in total. The predicted molar refractivity (Wildman–Crippen MR) is 133 cm³/mol. The Morgan fingerprint density at radius 1 is 1.23 bits per heavy atom. The quantitative estimate of drug-likeness (QED) is 0.308. The van der Waals surface area contributed by atoms with Gasteiger partial charge in [-0.1, -0.05) is 24.3 Å². The van der Waals surface area contributed by atoms with Crippen molar-refractivity contribution in [2.45, 2.75) is 25.9 Å². The fraction of sp³-hybridized carbons (Fsp3) is 0.364. The normalized spacial score (nSPS) is 15.9. The summed E-state index contributed by atoms with van der Waals surface area (Å²) in [5.74, 6) is 1.59. The van der Waals surface area contributed by atoms with E-state index in [2.05, 4.69) is 31.9 Å². The summed E-state index contributed by atoms with van der Waals surface area (Å²) < 4.78 is 5.49. The average Bonchev–Trinajstić information content (AvgIpc) is 3.19. The Labute approximate surface area is 195 Å². The smallest absolute Gasteiger partial charge is 0.221 e. The van der Waals surface area contributed by atoms with Crippen LogP contribution in [0.5, 0.6) is 5.75 Å². The first-order chi connectivity index (χ1) is 14.1. The predicted octanol–water partition coefficient (Wildman–Crippen LogP) is 3.22. The number of para-hydroxylation sites is 2. The molecular weight excluding hydrogens is 493 g/mol. The molecule has 0 aliphatic carbocycles. The highest BCUT2D eigenvalue weighted by atomic mass is 127. The molecule has 1 heterocycles. The maximum atomic E-state index is 11.2. The highest BCUT2D eigenvalue weighted by Crippen LogP contribution is 2.30. The van der Waals surface area contributed by atoms with E-state index >= 15 is 0 Å². The lowest BCUT2D eigenvalue weighted by Gasteiger charge is -2.22. The first-order valence-electron chi connectivity index (χ1n) is 9.80. The maximum absolute atomic E-state index is 11.2. The number of ether oxygens (including phenoxy) is 1. The monoisotopic (exact) mass is 523 g/mol. The molecule has 0 bridgehead atoms. The van der Waals surface area contributed by atoms with E-state index < -0.39 is 0 Å². The molecule has 0 spiro atoms. The van der Waals surface area contributed by atoms with Crippen LogP contribution in [0.3, 0.4) is 0 Å². The van der Waals surface area contributed by atoms with Crippen LogP contribution in [-0.4, -0.2) is 45.2 Å². The molecule has 2 aromatic carbocycles. The minimum absolute atomic E-state index is 0. The third kappa shape index (κ3) is 6.51. The Hall–Kier alpha value is -2.49. The summed E-state index contributed by atoms with van der Waals surface area (Å²) in [5, 5.41) is 9.67. The molecule has 1 aliphatic heterocycles. The highest BCUT2D eigenvalue weighted by Gasteiger charge is 2.25. The van der Waals surface area contributed by atoms with Gasteiger partial charge in [0.05, 0.1) is 12.8 Å². The summed E-state index contributed by atoms with van der Waals surface area (Å²) >= 11 is 0. The number of carbonyl (C=O) groups excluding carboxylic acids is 1. The Morgan fingerprint density at radius 3 is 2.77 bits per heavy atom. The first kappa shape index (κ1) is 23.8. The van der Waals surface area contributed by atoms with Gasteiger partial charge in [0.25, 0.3) is 0 Å². The summed E-state index contributed by atoms with van der Waals surface area (Å²) in [4.78, 5) is 17.9. The van der Waals surface area contributed by atoms with Crippen LogP contribution in [-0.2, 0) is 11.3 Å². The van der Waals surface area contributed by atoms with Crippen molar-refractivity contribution in [3.8, 4) is 5.75 Å². The molecule has 8 heteroatoms. The zero-order valence-corrected chi connectivity index (χ0v) is 20.0. The zero-order chi connectivity index (χ0) is 20.6. The SMILES string of the molecule is CN=C(NCc1cccc(NC(C)=O)c1)NC1CCN(c2ccccc2OC)C1.I. The number of nitrogens with zero attached hydrogens (tertiary/aromatic N) is 2. The van der Waals surface area contributed by atoms with E-state index in [4.69, 9.17) is 4.74 Å². The summed E-state index contributed by atoms with van der Waals surface area (Å²) in [6.45, 7) is 3.98. The number of guanidine groups is 1. The molecule has 2 aromatic rings. The van der Waals surface area contributed by atoms with Gasteiger partial charge in [-0.15, -0.1) is 24.0 Å².